The molecule has 1 atom stereocenters. The first kappa shape index (κ1) is 22.1. The van der Waals surface area contributed by atoms with Crippen LogP contribution in [0.4, 0.5) is 11.8 Å². The number of hydrogen-bond acceptors (Lipinski definition) is 6. The van der Waals surface area contributed by atoms with Gasteiger partial charge in [-0.25, -0.2) is 4.98 Å². The molecule has 3 aromatic heterocycles. The minimum absolute atomic E-state index is 0.0938. The highest BCUT2D eigenvalue weighted by molar-refractivity contribution is 14.1. The van der Waals surface area contributed by atoms with Crippen molar-refractivity contribution >= 4 is 45.1 Å². The lowest BCUT2D eigenvalue weighted by molar-refractivity contribution is 0.768. The van der Waals surface area contributed by atoms with E-state index in [0.29, 0.717) is 11.2 Å². The van der Waals surface area contributed by atoms with Crippen molar-refractivity contribution in [1.29, 1.82) is 0 Å². The van der Waals surface area contributed by atoms with Gasteiger partial charge in [0.15, 0.2) is 0 Å². The molecular formula is C25H22IN7O. The zero-order valence-corrected chi connectivity index (χ0v) is 20.8. The van der Waals surface area contributed by atoms with Crippen molar-refractivity contribution in [3.8, 4) is 16.8 Å². The topological polar surface area (TPSA) is 104 Å². The summed E-state index contributed by atoms with van der Waals surface area (Å²) in [6.45, 7) is 2.00. The number of para-hydroxylation sites is 1. The van der Waals surface area contributed by atoms with E-state index in [1.165, 1.54) is 0 Å². The van der Waals surface area contributed by atoms with Gasteiger partial charge in [0, 0.05) is 36.4 Å². The predicted molar refractivity (Wildman–Crippen MR) is 143 cm³/mol. The second-order valence-corrected chi connectivity index (χ2v) is 9.17. The van der Waals surface area contributed by atoms with Crippen LogP contribution in [0.15, 0.2) is 78.0 Å². The number of nitrogens with zero attached hydrogens (tertiary/aromatic N) is 5. The van der Waals surface area contributed by atoms with Gasteiger partial charge in [0.05, 0.1) is 21.2 Å². The van der Waals surface area contributed by atoms with E-state index in [4.69, 9.17) is 5.73 Å². The van der Waals surface area contributed by atoms with Crippen LogP contribution >= 0.6 is 22.6 Å². The number of aryl methyl sites for hydroxylation is 1. The first-order valence-electron chi connectivity index (χ1n) is 10.7. The molecule has 0 aliphatic heterocycles. The molecule has 0 aliphatic carbocycles. The third-order valence-corrected chi connectivity index (χ3v) is 6.45. The van der Waals surface area contributed by atoms with Crippen LogP contribution in [0.5, 0.6) is 0 Å². The molecule has 0 radical (unpaired) electrons. The molecule has 5 rings (SSSR count). The number of pyridine rings is 1. The van der Waals surface area contributed by atoms with Crippen LogP contribution in [0.2, 0.25) is 0 Å². The summed E-state index contributed by atoms with van der Waals surface area (Å²) < 4.78 is 4.34. The average molecular weight is 563 g/mol. The van der Waals surface area contributed by atoms with Gasteiger partial charge in [0.1, 0.15) is 5.82 Å². The Morgan fingerprint density at radius 1 is 1.09 bits per heavy atom. The Kier molecular flexibility index (Phi) is 5.78. The summed E-state index contributed by atoms with van der Waals surface area (Å²) in [6.07, 6.45) is 5.37. The van der Waals surface area contributed by atoms with Gasteiger partial charge in [-0.1, -0.05) is 36.4 Å². The van der Waals surface area contributed by atoms with Gasteiger partial charge in [-0.2, -0.15) is 10.1 Å². The van der Waals surface area contributed by atoms with Crippen LogP contribution in [-0.2, 0) is 7.05 Å². The number of fused-ring (bicyclic) bond motifs is 1. The summed E-state index contributed by atoms with van der Waals surface area (Å²) in [6, 6.07) is 17.4. The Bertz CT molecular complexity index is 1560. The SMILES string of the molecule is C[C@H](Nc1nc(N)ncc1I)c1cc2cccc(-c3cnn(C)c3)c2c(=O)n1-c1ccccc1. The molecule has 0 aliphatic rings. The van der Waals surface area contributed by atoms with Crippen molar-refractivity contribution in [2.24, 2.45) is 7.05 Å². The van der Waals surface area contributed by atoms with Crippen molar-refractivity contribution in [2.75, 3.05) is 11.1 Å². The summed E-state index contributed by atoms with van der Waals surface area (Å²) in [5, 5.41) is 9.21. The average Bonchev–Trinajstić information content (AvgIpc) is 3.27. The number of benzene rings is 2. The first-order chi connectivity index (χ1) is 16.4. The smallest absolute Gasteiger partial charge is 0.263 e. The minimum atomic E-state index is -0.248. The lowest BCUT2D eigenvalue weighted by Gasteiger charge is -2.22. The molecule has 0 spiro atoms. The number of nitrogens with two attached hydrogens (primary N) is 1. The maximum absolute atomic E-state index is 14.1. The number of nitrogen functional groups attached to an aromatic ring is 1. The molecule has 0 fully saturated rings. The third-order valence-electron chi connectivity index (χ3n) is 5.67. The summed E-state index contributed by atoms with van der Waals surface area (Å²) in [5.41, 5.74) is 9.06. The monoisotopic (exact) mass is 563 g/mol. The molecule has 0 bridgehead atoms. The fraction of sp³-hybridized carbons (Fsp3) is 0.120. The Labute approximate surface area is 209 Å². The highest BCUT2D eigenvalue weighted by Gasteiger charge is 2.20. The molecule has 8 nitrogen and oxygen atoms in total. The molecule has 5 aromatic rings. The Morgan fingerprint density at radius 2 is 1.88 bits per heavy atom. The van der Waals surface area contributed by atoms with E-state index < -0.39 is 0 Å². The predicted octanol–water partition coefficient (Wildman–Crippen LogP) is 4.54. The molecule has 0 saturated heterocycles. The molecule has 3 N–H and O–H groups in total. The molecule has 0 amide bonds. The molecule has 3 heterocycles. The van der Waals surface area contributed by atoms with Gasteiger partial charge >= 0.3 is 0 Å². The van der Waals surface area contributed by atoms with E-state index >= 15 is 0 Å². The highest BCUT2D eigenvalue weighted by Crippen LogP contribution is 2.30. The summed E-state index contributed by atoms with van der Waals surface area (Å²) >= 11 is 2.16. The van der Waals surface area contributed by atoms with Crippen LogP contribution in [-0.4, -0.2) is 24.3 Å². The largest absolute Gasteiger partial charge is 0.368 e. The minimum Gasteiger partial charge on any atom is -0.368 e. The Balaban J connectivity index is 1.75. The number of nitrogens with one attached hydrogen (secondary N) is 1. The van der Waals surface area contributed by atoms with Gasteiger partial charge in [-0.3, -0.25) is 14.0 Å². The van der Waals surface area contributed by atoms with E-state index in [2.05, 4.69) is 49.0 Å². The first-order valence-corrected chi connectivity index (χ1v) is 11.8. The van der Waals surface area contributed by atoms with Crippen LogP contribution in [0.25, 0.3) is 27.6 Å². The fourth-order valence-electron chi connectivity index (χ4n) is 4.11. The second-order valence-electron chi connectivity index (χ2n) is 8.01. The van der Waals surface area contributed by atoms with Gasteiger partial charge < -0.3 is 11.1 Å². The standard InChI is InChI=1S/C25H22IN7O/c1-15(30-23-20(26)13-28-25(27)31-23)21-11-16-7-6-10-19(17-12-29-32(2)14-17)22(16)24(34)33(21)18-8-4-3-5-9-18/h3-15H,1-2H3,(H3,27,28,30,31)/t15-/m0/s1. The van der Waals surface area contributed by atoms with Crippen molar-refractivity contribution in [2.45, 2.75) is 13.0 Å². The normalized spacial score (nSPS) is 12.1. The van der Waals surface area contributed by atoms with E-state index in [0.717, 1.165) is 31.5 Å². The quantitative estimate of drug-likeness (QED) is 0.305. The van der Waals surface area contributed by atoms with Crippen LogP contribution in [0, 0.1) is 3.57 Å². The van der Waals surface area contributed by atoms with Crippen LogP contribution in [0.3, 0.4) is 0 Å². The molecule has 34 heavy (non-hydrogen) atoms. The van der Waals surface area contributed by atoms with E-state index in [1.807, 2.05) is 68.7 Å². The van der Waals surface area contributed by atoms with Crippen LogP contribution < -0.4 is 16.6 Å². The highest BCUT2D eigenvalue weighted by atomic mass is 127. The lowest BCUT2D eigenvalue weighted by Crippen LogP contribution is -2.26. The van der Waals surface area contributed by atoms with Crippen LogP contribution in [0.1, 0.15) is 18.7 Å². The lowest BCUT2D eigenvalue weighted by atomic mass is 9.99. The maximum Gasteiger partial charge on any atom is 0.263 e. The van der Waals surface area contributed by atoms with Gasteiger partial charge in [0.2, 0.25) is 5.95 Å². The van der Waals surface area contributed by atoms with Crippen molar-refractivity contribution < 1.29 is 0 Å². The molecule has 0 saturated carbocycles. The summed E-state index contributed by atoms with van der Waals surface area (Å²) in [4.78, 5) is 22.5. The molecular weight excluding hydrogens is 541 g/mol. The van der Waals surface area contributed by atoms with Gasteiger partial charge in [0.25, 0.3) is 5.56 Å². The molecule has 9 heteroatoms. The van der Waals surface area contributed by atoms with Crippen molar-refractivity contribution in [3.63, 3.8) is 0 Å². The number of hydrogen-bond donors (Lipinski definition) is 2. The van der Waals surface area contributed by atoms with Crippen molar-refractivity contribution in [3.05, 3.63) is 92.8 Å². The third kappa shape index (κ3) is 4.03. The Hall–Kier alpha value is -3.73. The van der Waals surface area contributed by atoms with E-state index in [9.17, 15) is 4.79 Å². The Morgan fingerprint density at radius 3 is 2.62 bits per heavy atom. The maximum atomic E-state index is 14.1. The zero-order valence-electron chi connectivity index (χ0n) is 18.6. The molecule has 0 unspecified atom stereocenters. The number of halogens is 1. The van der Waals surface area contributed by atoms with Gasteiger partial charge in [-0.05, 0) is 58.7 Å². The number of anilines is 2. The second kappa shape index (κ2) is 8.90. The van der Waals surface area contributed by atoms with Gasteiger partial charge in [-0.15, -0.1) is 0 Å². The zero-order chi connectivity index (χ0) is 23.8. The summed E-state index contributed by atoms with van der Waals surface area (Å²) in [5.74, 6) is 0.812. The number of rotatable bonds is 5. The van der Waals surface area contributed by atoms with E-state index in [1.54, 1.807) is 21.6 Å². The van der Waals surface area contributed by atoms with E-state index in [-0.39, 0.29) is 17.5 Å². The fourth-order valence-corrected chi connectivity index (χ4v) is 4.52. The molecule has 2 aromatic carbocycles. The summed E-state index contributed by atoms with van der Waals surface area (Å²) in [7, 11) is 1.86. The number of aromatic nitrogens is 5. The molecule has 170 valence electrons. The van der Waals surface area contributed by atoms with Crippen molar-refractivity contribution in [1.82, 2.24) is 24.3 Å².